The summed E-state index contributed by atoms with van der Waals surface area (Å²) in [7, 11) is 0. The highest BCUT2D eigenvalue weighted by molar-refractivity contribution is 5.90. The highest BCUT2D eigenvalue weighted by Crippen LogP contribution is 2.08. The van der Waals surface area contributed by atoms with Crippen LogP contribution in [0.3, 0.4) is 0 Å². The summed E-state index contributed by atoms with van der Waals surface area (Å²) in [5.74, 6) is -0.132. The number of aromatic nitrogens is 2. The maximum absolute atomic E-state index is 11.6. The molecule has 0 fully saturated rings. The maximum atomic E-state index is 11.6. The van der Waals surface area contributed by atoms with E-state index in [9.17, 15) is 4.79 Å². The van der Waals surface area contributed by atoms with Crippen molar-refractivity contribution in [1.82, 2.24) is 9.55 Å². The number of rotatable bonds is 3. The summed E-state index contributed by atoms with van der Waals surface area (Å²) in [6, 6.07) is 8.74. The van der Waals surface area contributed by atoms with E-state index in [1.165, 1.54) is 0 Å². The Labute approximate surface area is 98.3 Å². The van der Waals surface area contributed by atoms with E-state index in [0.717, 1.165) is 0 Å². The summed E-state index contributed by atoms with van der Waals surface area (Å²) >= 11 is 0. The van der Waals surface area contributed by atoms with Crippen molar-refractivity contribution in [1.29, 1.82) is 5.26 Å². The fraction of sp³-hybridized carbons (Fsp3) is 0.0833. The van der Waals surface area contributed by atoms with Gasteiger partial charge in [0, 0.05) is 18.1 Å². The van der Waals surface area contributed by atoms with E-state index < -0.39 is 0 Å². The fourth-order valence-corrected chi connectivity index (χ4v) is 1.37. The second kappa shape index (κ2) is 4.94. The summed E-state index contributed by atoms with van der Waals surface area (Å²) in [5, 5.41) is 11.4. The Morgan fingerprint density at radius 2 is 2.18 bits per heavy atom. The smallest absolute Gasteiger partial charge is 0.244 e. The van der Waals surface area contributed by atoms with Gasteiger partial charge in [-0.05, 0) is 24.3 Å². The van der Waals surface area contributed by atoms with Gasteiger partial charge >= 0.3 is 0 Å². The zero-order valence-corrected chi connectivity index (χ0v) is 9.00. The lowest BCUT2D eigenvalue weighted by atomic mass is 10.2. The molecule has 0 unspecified atom stereocenters. The average molecular weight is 226 g/mol. The number of amides is 1. The van der Waals surface area contributed by atoms with Gasteiger partial charge in [0.2, 0.25) is 5.91 Å². The molecule has 1 heterocycles. The topological polar surface area (TPSA) is 70.7 Å². The van der Waals surface area contributed by atoms with Gasteiger partial charge in [-0.3, -0.25) is 4.79 Å². The largest absolute Gasteiger partial charge is 0.328 e. The van der Waals surface area contributed by atoms with Gasteiger partial charge in [-0.1, -0.05) is 0 Å². The first-order valence-corrected chi connectivity index (χ1v) is 5.04. The molecule has 0 saturated heterocycles. The van der Waals surface area contributed by atoms with Crippen molar-refractivity contribution < 1.29 is 4.79 Å². The average Bonchev–Trinajstić information content (AvgIpc) is 2.82. The van der Waals surface area contributed by atoms with E-state index in [4.69, 9.17) is 5.26 Å². The summed E-state index contributed by atoms with van der Waals surface area (Å²) in [4.78, 5) is 15.5. The molecule has 2 rings (SSSR count). The zero-order valence-electron chi connectivity index (χ0n) is 9.00. The molecular formula is C12H10N4O. The van der Waals surface area contributed by atoms with E-state index in [1.54, 1.807) is 47.6 Å². The number of imidazole rings is 1. The third-order valence-electron chi connectivity index (χ3n) is 2.18. The maximum Gasteiger partial charge on any atom is 0.244 e. The second-order valence-corrected chi connectivity index (χ2v) is 3.47. The van der Waals surface area contributed by atoms with Crippen molar-refractivity contribution in [2.75, 3.05) is 5.32 Å². The molecular weight excluding hydrogens is 216 g/mol. The highest BCUT2D eigenvalue weighted by atomic mass is 16.1. The molecule has 1 aromatic heterocycles. The van der Waals surface area contributed by atoms with Crippen LogP contribution < -0.4 is 5.32 Å². The van der Waals surface area contributed by atoms with Gasteiger partial charge in [-0.2, -0.15) is 5.26 Å². The van der Waals surface area contributed by atoms with Crippen LogP contribution >= 0.6 is 0 Å². The lowest BCUT2D eigenvalue weighted by Gasteiger charge is -2.05. The molecule has 17 heavy (non-hydrogen) atoms. The molecule has 0 aliphatic rings. The quantitative estimate of drug-likeness (QED) is 0.859. The van der Waals surface area contributed by atoms with Gasteiger partial charge < -0.3 is 9.88 Å². The molecule has 0 bridgehead atoms. The lowest BCUT2D eigenvalue weighted by Crippen LogP contribution is -2.17. The Balaban J connectivity index is 1.96. The Hall–Kier alpha value is -2.61. The Morgan fingerprint density at radius 1 is 1.41 bits per heavy atom. The molecule has 0 saturated carbocycles. The number of hydrogen-bond acceptors (Lipinski definition) is 3. The Bertz CT molecular complexity index is 537. The standard InChI is InChI=1S/C12H10N4O/c13-7-10-1-3-11(4-2-10)15-12(17)8-16-6-5-14-9-16/h1-6,9H,8H2,(H,15,17). The Kier molecular flexibility index (Phi) is 3.17. The summed E-state index contributed by atoms with van der Waals surface area (Å²) < 4.78 is 1.68. The number of nitrogens with zero attached hydrogens (tertiary/aromatic N) is 3. The van der Waals surface area contributed by atoms with Gasteiger partial charge in [0.05, 0.1) is 18.0 Å². The molecule has 2 aromatic rings. The number of hydrogen-bond donors (Lipinski definition) is 1. The number of nitrogens with one attached hydrogen (secondary N) is 1. The molecule has 0 atom stereocenters. The monoisotopic (exact) mass is 226 g/mol. The van der Waals surface area contributed by atoms with Crippen LogP contribution in [0.15, 0.2) is 43.0 Å². The van der Waals surface area contributed by atoms with Crippen molar-refractivity contribution in [3.05, 3.63) is 48.5 Å². The van der Waals surface area contributed by atoms with Gasteiger partial charge in [0.15, 0.2) is 0 Å². The summed E-state index contributed by atoms with van der Waals surface area (Å²) in [6.45, 7) is 0.222. The number of carbonyl (C=O) groups excluding carboxylic acids is 1. The predicted molar refractivity (Wildman–Crippen MR) is 62.0 cm³/mol. The fourth-order valence-electron chi connectivity index (χ4n) is 1.37. The highest BCUT2D eigenvalue weighted by Gasteiger charge is 2.02. The van der Waals surface area contributed by atoms with E-state index >= 15 is 0 Å². The van der Waals surface area contributed by atoms with Crippen LogP contribution in [-0.2, 0) is 11.3 Å². The third-order valence-corrected chi connectivity index (χ3v) is 2.18. The molecule has 0 radical (unpaired) electrons. The van der Waals surface area contributed by atoms with E-state index in [-0.39, 0.29) is 12.5 Å². The van der Waals surface area contributed by atoms with E-state index in [0.29, 0.717) is 11.3 Å². The minimum atomic E-state index is -0.132. The molecule has 1 amide bonds. The third kappa shape index (κ3) is 2.92. The predicted octanol–water partition coefficient (Wildman–Crippen LogP) is 1.39. The van der Waals surface area contributed by atoms with E-state index in [2.05, 4.69) is 10.3 Å². The van der Waals surface area contributed by atoms with Gasteiger partial charge in [-0.25, -0.2) is 4.98 Å². The lowest BCUT2D eigenvalue weighted by molar-refractivity contribution is -0.116. The van der Waals surface area contributed by atoms with Crippen LogP contribution in [0.1, 0.15) is 5.56 Å². The molecule has 5 heteroatoms. The van der Waals surface area contributed by atoms with Crippen LogP contribution in [0.25, 0.3) is 0 Å². The van der Waals surface area contributed by atoms with Crippen molar-refractivity contribution in [2.24, 2.45) is 0 Å². The van der Waals surface area contributed by atoms with Gasteiger partial charge in [-0.15, -0.1) is 0 Å². The van der Waals surface area contributed by atoms with Crippen molar-refractivity contribution in [2.45, 2.75) is 6.54 Å². The molecule has 0 aliphatic heterocycles. The molecule has 1 aromatic carbocycles. The number of anilines is 1. The van der Waals surface area contributed by atoms with Crippen molar-refractivity contribution in [3.8, 4) is 6.07 Å². The van der Waals surface area contributed by atoms with E-state index in [1.807, 2.05) is 6.07 Å². The van der Waals surface area contributed by atoms with Crippen LogP contribution in [-0.4, -0.2) is 15.5 Å². The number of nitriles is 1. The number of benzene rings is 1. The van der Waals surface area contributed by atoms with Crippen molar-refractivity contribution in [3.63, 3.8) is 0 Å². The first-order valence-electron chi connectivity index (χ1n) is 5.04. The SMILES string of the molecule is N#Cc1ccc(NC(=O)Cn2ccnc2)cc1. The minimum absolute atomic E-state index is 0.132. The van der Waals surface area contributed by atoms with Gasteiger partial charge in [0.25, 0.3) is 0 Å². The van der Waals surface area contributed by atoms with Crippen LogP contribution in [0.5, 0.6) is 0 Å². The molecule has 84 valence electrons. The normalized spacial score (nSPS) is 9.59. The van der Waals surface area contributed by atoms with Crippen LogP contribution in [0, 0.1) is 11.3 Å². The minimum Gasteiger partial charge on any atom is -0.328 e. The van der Waals surface area contributed by atoms with Crippen LogP contribution in [0.4, 0.5) is 5.69 Å². The zero-order chi connectivity index (χ0) is 12.1. The van der Waals surface area contributed by atoms with Gasteiger partial charge in [0.1, 0.15) is 6.54 Å². The summed E-state index contributed by atoms with van der Waals surface area (Å²) in [6.07, 6.45) is 4.92. The first kappa shape index (κ1) is 10.9. The molecule has 0 aliphatic carbocycles. The van der Waals surface area contributed by atoms with Crippen molar-refractivity contribution >= 4 is 11.6 Å². The molecule has 0 spiro atoms. The summed E-state index contributed by atoms with van der Waals surface area (Å²) in [5.41, 5.74) is 1.24. The first-order chi connectivity index (χ1) is 8.28. The second-order valence-electron chi connectivity index (χ2n) is 3.47. The number of carbonyl (C=O) groups is 1. The molecule has 5 nitrogen and oxygen atoms in total. The Morgan fingerprint density at radius 3 is 2.76 bits per heavy atom. The molecule has 1 N–H and O–H groups in total. The van der Waals surface area contributed by atoms with Crippen LogP contribution in [0.2, 0.25) is 0 Å².